The van der Waals surface area contributed by atoms with Crippen LogP contribution >= 0.6 is 0 Å². The maximum Gasteiger partial charge on any atom is 0.150 e. The van der Waals surface area contributed by atoms with Crippen LogP contribution in [0, 0.1) is 11.8 Å². The van der Waals surface area contributed by atoms with Gasteiger partial charge in [-0.2, -0.15) is 0 Å². The minimum atomic E-state index is -2.72. The second kappa shape index (κ2) is 5.88. The van der Waals surface area contributed by atoms with Gasteiger partial charge in [0, 0.05) is 19.1 Å². The van der Waals surface area contributed by atoms with Gasteiger partial charge in [-0.1, -0.05) is 13.8 Å². The molecule has 2 fully saturated rings. The molecular formula is C13H26N2O2S. The molecule has 2 aliphatic rings. The first kappa shape index (κ1) is 14.3. The molecular weight excluding hydrogens is 248 g/mol. The molecule has 0 bridgehead atoms. The molecule has 0 radical (unpaired) electrons. The van der Waals surface area contributed by atoms with Gasteiger partial charge in [0.2, 0.25) is 0 Å². The third-order valence-electron chi connectivity index (χ3n) is 4.30. The van der Waals surface area contributed by atoms with Crippen LogP contribution in [-0.2, 0) is 9.84 Å². The number of sulfone groups is 1. The van der Waals surface area contributed by atoms with Crippen LogP contribution < -0.4 is 5.32 Å². The van der Waals surface area contributed by atoms with Crippen molar-refractivity contribution in [3.8, 4) is 0 Å². The van der Waals surface area contributed by atoms with Crippen molar-refractivity contribution < 1.29 is 8.42 Å². The summed E-state index contributed by atoms with van der Waals surface area (Å²) in [6.45, 7) is 8.68. The second-order valence-electron chi connectivity index (χ2n) is 5.96. The molecule has 2 aliphatic heterocycles. The summed E-state index contributed by atoms with van der Waals surface area (Å²) in [6.07, 6.45) is 2.05. The molecule has 2 heterocycles. The Morgan fingerprint density at radius 1 is 1.33 bits per heavy atom. The number of piperidine rings is 1. The summed E-state index contributed by atoms with van der Waals surface area (Å²) in [7, 11) is -2.72. The van der Waals surface area contributed by atoms with Crippen LogP contribution in [0.5, 0.6) is 0 Å². The van der Waals surface area contributed by atoms with Crippen LogP contribution in [0.3, 0.4) is 0 Å². The Bertz CT molecular complexity index is 369. The van der Waals surface area contributed by atoms with E-state index in [1.54, 1.807) is 0 Å². The van der Waals surface area contributed by atoms with Crippen molar-refractivity contribution in [2.75, 3.05) is 37.7 Å². The van der Waals surface area contributed by atoms with Crippen molar-refractivity contribution >= 4 is 9.84 Å². The SMILES string of the molecule is CCNC1CCN(CC2CCS(=O)(=O)C2)CC1C. The standard InChI is InChI=1S/C13H26N2O2S/c1-3-14-13-4-6-15(8-11(13)2)9-12-5-7-18(16,17)10-12/h11-14H,3-10H2,1-2H3. The predicted octanol–water partition coefficient (Wildman–Crippen LogP) is 0.741. The Balaban J connectivity index is 1.79. The van der Waals surface area contributed by atoms with Crippen LogP contribution in [0.2, 0.25) is 0 Å². The zero-order chi connectivity index (χ0) is 13.2. The van der Waals surface area contributed by atoms with Crippen molar-refractivity contribution in [2.45, 2.75) is 32.7 Å². The van der Waals surface area contributed by atoms with Gasteiger partial charge in [-0.3, -0.25) is 0 Å². The average molecular weight is 274 g/mol. The molecule has 5 heteroatoms. The van der Waals surface area contributed by atoms with Crippen molar-refractivity contribution in [2.24, 2.45) is 11.8 Å². The number of nitrogens with one attached hydrogen (secondary N) is 1. The van der Waals surface area contributed by atoms with Crippen molar-refractivity contribution in [1.29, 1.82) is 0 Å². The molecule has 0 aromatic rings. The number of nitrogens with zero attached hydrogens (tertiary/aromatic N) is 1. The summed E-state index contributed by atoms with van der Waals surface area (Å²) in [5.41, 5.74) is 0. The molecule has 3 atom stereocenters. The molecule has 0 amide bonds. The highest BCUT2D eigenvalue weighted by Crippen LogP contribution is 2.23. The van der Waals surface area contributed by atoms with Gasteiger partial charge in [0.15, 0.2) is 9.84 Å². The van der Waals surface area contributed by atoms with Gasteiger partial charge in [-0.05, 0) is 37.8 Å². The molecule has 0 saturated carbocycles. The van der Waals surface area contributed by atoms with Crippen LogP contribution in [0.15, 0.2) is 0 Å². The Hall–Kier alpha value is -0.130. The van der Waals surface area contributed by atoms with Gasteiger partial charge >= 0.3 is 0 Å². The van der Waals surface area contributed by atoms with Crippen LogP contribution in [0.25, 0.3) is 0 Å². The summed E-state index contributed by atoms with van der Waals surface area (Å²) in [4.78, 5) is 2.46. The normalized spacial score (nSPS) is 36.9. The van der Waals surface area contributed by atoms with E-state index >= 15 is 0 Å². The van der Waals surface area contributed by atoms with Gasteiger partial charge in [0.25, 0.3) is 0 Å². The van der Waals surface area contributed by atoms with E-state index in [0.717, 1.165) is 32.6 Å². The highest BCUT2D eigenvalue weighted by molar-refractivity contribution is 7.91. The summed E-state index contributed by atoms with van der Waals surface area (Å²) in [6, 6.07) is 0.638. The smallest absolute Gasteiger partial charge is 0.150 e. The van der Waals surface area contributed by atoms with Crippen molar-refractivity contribution in [3.63, 3.8) is 0 Å². The molecule has 0 aliphatic carbocycles. The maximum atomic E-state index is 11.5. The Morgan fingerprint density at radius 2 is 2.11 bits per heavy atom. The molecule has 3 unspecified atom stereocenters. The van der Waals surface area contributed by atoms with Crippen molar-refractivity contribution in [3.05, 3.63) is 0 Å². The summed E-state index contributed by atoms with van der Waals surface area (Å²) in [5.74, 6) is 1.85. The minimum absolute atomic E-state index is 0.373. The Kier molecular flexibility index (Phi) is 4.67. The summed E-state index contributed by atoms with van der Waals surface area (Å²) < 4.78 is 22.9. The zero-order valence-electron chi connectivity index (χ0n) is 11.6. The highest BCUT2D eigenvalue weighted by Gasteiger charge is 2.31. The van der Waals surface area contributed by atoms with Gasteiger partial charge in [-0.15, -0.1) is 0 Å². The molecule has 0 aromatic heterocycles. The fourth-order valence-electron chi connectivity index (χ4n) is 3.34. The molecule has 1 N–H and O–H groups in total. The molecule has 4 nitrogen and oxygen atoms in total. The lowest BCUT2D eigenvalue weighted by molar-refractivity contribution is 0.133. The fraction of sp³-hybridized carbons (Fsp3) is 1.00. The van der Waals surface area contributed by atoms with Crippen LogP contribution in [-0.4, -0.2) is 57.0 Å². The van der Waals surface area contributed by atoms with Gasteiger partial charge in [0.1, 0.15) is 0 Å². The lowest BCUT2D eigenvalue weighted by Crippen LogP contribution is -2.49. The monoisotopic (exact) mass is 274 g/mol. The fourth-order valence-corrected chi connectivity index (χ4v) is 5.19. The topological polar surface area (TPSA) is 49.4 Å². The van der Waals surface area contributed by atoms with E-state index in [1.807, 2.05) is 0 Å². The molecule has 106 valence electrons. The summed E-state index contributed by atoms with van der Waals surface area (Å²) >= 11 is 0. The molecule has 18 heavy (non-hydrogen) atoms. The Labute approximate surface area is 111 Å². The van der Waals surface area contributed by atoms with E-state index in [2.05, 4.69) is 24.1 Å². The Morgan fingerprint density at radius 3 is 2.67 bits per heavy atom. The highest BCUT2D eigenvalue weighted by atomic mass is 32.2. The zero-order valence-corrected chi connectivity index (χ0v) is 12.4. The number of likely N-dealkylation sites (tertiary alicyclic amines) is 1. The molecule has 2 saturated heterocycles. The van der Waals surface area contributed by atoms with E-state index in [-0.39, 0.29) is 0 Å². The average Bonchev–Trinajstić information content (AvgIpc) is 2.62. The van der Waals surface area contributed by atoms with Crippen molar-refractivity contribution in [1.82, 2.24) is 10.2 Å². The van der Waals surface area contributed by atoms with Gasteiger partial charge in [0.05, 0.1) is 11.5 Å². The lowest BCUT2D eigenvalue weighted by atomic mass is 9.93. The number of rotatable bonds is 4. The second-order valence-corrected chi connectivity index (χ2v) is 8.19. The quantitative estimate of drug-likeness (QED) is 0.821. The first-order valence-corrected chi connectivity index (χ1v) is 8.98. The summed E-state index contributed by atoms with van der Waals surface area (Å²) in [5, 5.41) is 3.54. The lowest BCUT2D eigenvalue weighted by Gasteiger charge is -2.38. The van der Waals surface area contributed by atoms with Gasteiger partial charge in [-0.25, -0.2) is 8.42 Å². The minimum Gasteiger partial charge on any atom is -0.314 e. The number of hydrogen-bond donors (Lipinski definition) is 1. The van der Waals surface area contributed by atoms with E-state index < -0.39 is 9.84 Å². The maximum absolute atomic E-state index is 11.5. The van der Waals surface area contributed by atoms with E-state index in [1.165, 1.54) is 6.42 Å². The van der Waals surface area contributed by atoms with Gasteiger partial charge < -0.3 is 10.2 Å². The molecule has 0 aromatic carbocycles. The number of hydrogen-bond acceptors (Lipinski definition) is 4. The van der Waals surface area contributed by atoms with E-state index in [9.17, 15) is 8.42 Å². The van der Waals surface area contributed by atoms with Crippen LogP contribution in [0.4, 0.5) is 0 Å². The predicted molar refractivity (Wildman–Crippen MR) is 74.4 cm³/mol. The first-order valence-electron chi connectivity index (χ1n) is 7.16. The van der Waals surface area contributed by atoms with E-state index in [4.69, 9.17) is 0 Å². The third kappa shape index (κ3) is 3.68. The first-order chi connectivity index (χ1) is 8.50. The van der Waals surface area contributed by atoms with E-state index in [0.29, 0.717) is 29.4 Å². The van der Waals surface area contributed by atoms with Crippen LogP contribution in [0.1, 0.15) is 26.7 Å². The third-order valence-corrected chi connectivity index (χ3v) is 6.14. The largest absolute Gasteiger partial charge is 0.314 e. The molecule has 0 spiro atoms. The molecule has 2 rings (SSSR count).